The number of cyclic esters (lactones) is 1. The Balaban J connectivity index is 1.22. The molecule has 6 rings (SSSR count). The highest BCUT2D eigenvalue weighted by Gasteiger charge is 2.62. The molecule has 0 bridgehead atoms. The average Bonchev–Trinajstić information content (AvgIpc) is 3.95. The fourth-order valence-corrected chi connectivity index (χ4v) is 8.56. The Morgan fingerprint density at radius 2 is 1.84 bits per heavy atom. The van der Waals surface area contributed by atoms with Gasteiger partial charge in [0.1, 0.15) is 35.1 Å². The molecular weight excluding hydrogens is 772 g/mol. The molecule has 1 aromatic carbocycles. The van der Waals surface area contributed by atoms with E-state index in [1.807, 2.05) is 0 Å². The van der Waals surface area contributed by atoms with Gasteiger partial charge < -0.3 is 35.1 Å². The van der Waals surface area contributed by atoms with E-state index in [4.69, 9.17) is 14.2 Å². The molecule has 1 aromatic rings. The van der Waals surface area contributed by atoms with Crippen molar-refractivity contribution >= 4 is 51.8 Å². The smallest absolute Gasteiger partial charge is 0.410 e. The van der Waals surface area contributed by atoms with Gasteiger partial charge in [-0.1, -0.05) is 18.2 Å². The van der Waals surface area contributed by atoms with Crippen LogP contribution in [0.5, 0.6) is 0 Å². The quantitative estimate of drug-likeness (QED) is 0.124. The van der Waals surface area contributed by atoms with Crippen LogP contribution in [0.25, 0.3) is 0 Å². The number of hydrogen-bond donors (Lipinski definition) is 4. The van der Waals surface area contributed by atoms with Crippen molar-refractivity contribution in [3.05, 3.63) is 47.8 Å². The SMILES string of the molecule is C=C[C@H]1C[C@]1(NC(=O)[C@@H]1C[C@@H](OC(=O)N2Cc3cccc(F)c3C2)CN1C(=O)[C@H](CCNC(=O)[C@@H]1CCC(=O)O1)NC(=O)OC(C)(C)C)C(=O)NS(=O)(=O)C1CC1. The number of halogens is 1. The number of hydrogen-bond acceptors (Lipinski definition) is 12. The second kappa shape index (κ2) is 15.9. The van der Waals surface area contributed by atoms with Gasteiger partial charge in [-0.3, -0.25) is 33.6 Å². The van der Waals surface area contributed by atoms with Crippen molar-refractivity contribution in [2.45, 2.75) is 119 Å². The molecule has 5 aliphatic rings. The highest BCUT2D eigenvalue weighted by Crippen LogP contribution is 2.45. The first-order valence-corrected chi connectivity index (χ1v) is 20.3. The maximum Gasteiger partial charge on any atom is 0.410 e. The van der Waals surface area contributed by atoms with E-state index in [1.54, 1.807) is 26.8 Å². The zero-order valence-electron chi connectivity index (χ0n) is 31.8. The summed E-state index contributed by atoms with van der Waals surface area (Å²) in [6.45, 7) is 7.97. The molecule has 6 amide bonds. The second-order valence-corrected chi connectivity index (χ2v) is 17.9. The predicted octanol–water partition coefficient (Wildman–Crippen LogP) is 1.02. The first-order chi connectivity index (χ1) is 26.8. The third-order valence-electron chi connectivity index (χ3n) is 10.4. The van der Waals surface area contributed by atoms with E-state index < -0.39 is 104 Å². The highest BCUT2D eigenvalue weighted by atomic mass is 32.2. The number of alkyl carbamates (subject to hydrolysis) is 1. The summed E-state index contributed by atoms with van der Waals surface area (Å²) < 4.78 is 58.0. The van der Waals surface area contributed by atoms with Crippen molar-refractivity contribution in [2.75, 3.05) is 13.1 Å². The maximum atomic E-state index is 14.5. The third-order valence-corrected chi connectivity index (χ3v) is 12.3. The fraction of sp³-hybridized carbons (Fsp3) is 0.595. The molecule has 20 heteroatoms. The average molecular weight is 819 g/mol. The summed E-state index contributed by atoms with van der Waals surface area (Å²) >= 11 is 0. The minimum Gasteiger partial charge on any atom is -0.452 e. The number of fused-ring (bicyclic) bond motifs is 1. The summed E-state index contributed by atoms with van der Waals surface area (Å²) in [4.78, 5) is 95.0. The van der Waals surface area contributed by atoms with E-state index in [2.05, 4.69) is 27.3 Å². The van der Waals surface area contributed by atoms with Crippen molar-refractivity contribution in [3.63, 3.8) is 0 Å². The van der Waals surface area contributed by atoms with Crippen LogP contribution in [0.3, 0.4) is 0 Å². The molecule has 57 heavy (non-hydrogen) atoms. The Morgan fingerprint density at radius 3 is 2.46 bits per heavy atom. The highest BCUT2D eigenvalue weighted by molar-refractivity contribution is 7.91. The van der Waals surface area contributed by atoms with Crippen LogP contribution in [0.1, 0.15) is 76.8 Å². The van der Waals surface area contributed by atoms with E-state index in [-0.39, 0.29) is 58.3 Å². The maximum absolute atomic E-state index is 14.5. The first-order valence-electron chi connectivity index (χ1n) is 18.8. The lowest BCUT2D eigenvalue weighted by Crippen LogP contribution is -2.58. The molecule has 18 nitrogen and oxygen atoms in total. The van der Waals surface area contributed by atoms with Crippen molar-refractivity contribution in [1.82, 2.24) is 30.5 Å². The molecule has 2 saturated heterocycles. The van der Waals surface area contributed by atoms with Gasteiger partial charge in [0, 0.05) is 43.8 Å². The number of likely N-dealkylation sites (tertiary alicyclic amines) is 1. The molecule has 2 saturated carbocycles. The molecule has 3 aliphatic heterocycles. The van der Waals surface area contributed by atoms with Crippen LogP contribution >= 0.6 is 0 Å². The van der Waals surface area contributed by atoms with E-state index in [1.165, 1.54) is 23.1 Å². The number of amides is 6. The number of nitrogens with one attached hydrogen (secondary N) is 4. The van der Waals surface area contributed by atoms with Crippen molar-refractivity contribution in [2.24, 2.45) is 5.92 Å². The number of esters is 1. The topological polar surface area (TPSA) is 236 Å². The third kappa shape index (κ3) is 9.48. The molecule has 3 heterocycles. The number of nitrogens with zero attached hydrogens (tertiary/aromatic N) is 2. The summed E-state index contributed by atoms with van der Waals surface area (Å²) in [5.74, 6) is -4.92. The van der Waals surface area contributed by atoms with Gasteiger partial charge in [0.2, 0.25) is 21.8 Å². The van der Waals surface area contributed by atoms with E-state index in [9.17, 15) is 46.4 Å². The van der Waals surface area contributed by atoms with Gasteiger partial charge in [0.05, 0.1) is 18.3 Å². The molecule has 0 aromatic heterocycles. The van der Waals surface area contributed by atoms with E-state index in [0.717, 1.165) is 4.90 Å². The first kappa shape index (κ1) is 41.4. The van der Waals surface area contributed by atoms with Crippen LogP contribution in [-0.2, 0) is 61.3 Å². The van der Waals surface area contributed by atoms with Crippen molar-refractivity contribution in [1.29, 1.82) is 0 Å². The molecule has 2 aliphatic carbocycles. The number of carbonyl (C=O) groups is 7. The lowest BCUT2D eigenvalue weighted by Gasteiger charge is -2.30. The van der Waals surface area contributed by atoms with Gasteiger partial charge >= 0.3 is 18.2 Å². The number of rotatable bonds is 13. The Bertz CT molecular complexity index is 1970. The van der Waals surface area contributed by atoms with E-state index >= 15 is 0 Å². The minimum absolute atomic E-state index is 0.0260. The largest absolute Gasteiger partial charge is 0.452 e. The van der Waals surface area contributed by atoms with Crippen LogP contribution in [0.15, 0.2) is 30.9 Å². The van der Waals surface area contributed by atoms with Gasteiger partial charge in [0.15, 0.2) is 6.10 Å². The summed E-state index contributed by atoms with van der Waals surface area (Å²) in [5.41, 5.74) is -1.75. The molecule has 0 spiro atoms. The molecule has 0 unspecified atom stereocenters. The molecule has 4 fully saturated rings. The second-order valence-electron chi connectivity index (χ2n) is 16.0. The Labute approximate surface area is 328 Å². The minimum atomic E-state index is -3.99. The summed E-state index contributed by atoms with van der Waals surface area (Å²) in [6, 6.07) is 1.65. The number of carbonyl (C=O) groups excluding carboxylic acids is 7. The van der Waals surface area contributed by atoms with Gasteiger partial charge in [-0.2, -0.15) is 0 Å². The molecule has 310 valence electrons. The summed E-state index contributed by atoms with van der Waals surface area (Å²) in [7, 11) is -3.99. The monoisotopic (exact) mass is 818 g/mol. The van der Waals surface area contributed by atoms with Crippen molar-refractivity contribution < 1.29 is 60.6 Å². The predicted molar refractivity (Wildman–Crippen MR) is 195 cm³/mol. The number of sulfonamides is 1. The van der Waals surface area contributed by atoms with Crippen LogP contribution < -0.4 is 20.7 Å². The van der Waals surface area contributed by atoms with Crippen LogP contribution in [0.4, 0.5) is 14.0 Å². The zero-order chi connectivity index (χ0) is 41.4. The molecular formula is C37H47FN6O12S. The van der Waals surface area contributed by atoms with Crippen LogP contribution in [-0.4, -0.2) is 114 Å². The van der Waals surface area contributed by atoms with Crippen molar-refractivity contribution in [3.8, 4) is 0 Å². The Kier molecular flexibility index (Phi) is 11.6. The number of ether oxygens (including phenoxy) is 3. The normalized spacial score (nSPS) is 25.7. The number of benzene rings is 1. The Morgan fingerprint density at radius 1 is 1.11 bits per heavy atom. The van der Waals surface area contributed by atoms with E-state index in [0.29, 0.717) is 24.0 Å². The summed E-state index contributed by atoms with van der Waals surface area (Å²) in [5, 5.41) is 7.00. The Hall–Kier alpha value is -5.27. The van der Waals surface area contributed by atoms with Crippen LogP contribution in [0.2, 0.25) is 0 Å². The van der Waals surface area contributed by atoms with Crippen LogP contribution in [0, 0.1) is 11.7 Å². The van der Waals surface area contributed by atoms with Gasteiger partial charge in [0.25, 0.3) is 11.8 Å². The van der Waals surface area contributed by atoms with Gasteiger partial charge in [-0.15, -0.1) is 6.58 Å². The van der Waals surface area contributed by atoms with Gasteiger partial charge in [-0.05, 0) is 58.1 Å². The zero-order valence-corrected chi connectivity index (χ0v) is 32.7. The fourth-order valence-electron chi connectivity index (χ4n) is 7.19. The van der Waals surface area contributed by atoms with Gasteiger partial charge in [-0.25, -0.2) is 22.4 Å². The molecule has 4 N–H and O–H groups in total. The summed E-state index contributed by atoms with van der Waals surface area (Å²) in [6.07, 6.45) is -1.97. The lowest BCUT2D eigenvalue weighted by atomic mass is 10.1. The molecule has 6 atom stereocenters. The molecule has 0 radical (unpaired) electrons. The lowest BCUT2D eigenvalue weighted by molar-refractivity contribution is -0.148. The standard InChI is InChI=1S/C37H47FN6O12S/c1-5-21-16-37(21,33(49)42-57(52,53)23-9-10-23)41-30(46)27-15-22(54-35(51)43-17-20-7-6-8-25(38)24(20)19-43)18-44(27)32(48)26(40-34(50)56-36(2,3)4)13-14-39-31(47)28-11-12-29(45)55-28/h5-8,21-23,26-28H,1,9-19H2,2-4H3,(H,39,47)(H,40,50)(H,41,46)(H,42,49)/t21-,22+,26-,27-,28-,37+/m0/s1.